The van der Waals surface area contributed by atoms with E-state index in [2.05, 4.69) is 15.6 Å². The van der Waals surface area contributed by atoms with Gasteiger partial charge in [-0.3, -0.25) is 0 Å². The second kappa shape index (κ2) is 7.21. The molecule has 3 aromatic rings. The normalized spacial score (nSPS) is 12.0. The van der Waals surface area contributed by atoms with Crippen molar-refractivity contribution in [2.24, 2.45) is 0 Å². The van der Waals surface area contributed by atoms with Crippen LogP contribution in [0.5, 0.6) is 0 Å². The first-order valence-corrected chi connectivity index (χ1v) is 8.06. The molecule has 3 rings (SSSR count). The molecule has 0 fully saturated rings. The van der Waals surface area contributed by atoms with Gasteiger partial charge in [0.25, 0.3) is 0 Å². The number of rotatable bonds is 5. The first kappa shape index (κ1) is 16.8. The van der Waals surface area contributed by atoms with Gasteiger partial charge in [0.15, 0.2) is 0 Å². The number of hydrogen-bond donors (Lipinski definition) is 1. The Balaban J connectivity index is 1.59. The van der Waals surface area contributed by atoms with E-state index in [9.17, 15) is 4.79 Å². The van der Waals surface area contributed by atoms with E-state index in [1.54, 1.807) is 29.0 Å². The number of urea groups is 1. The van der Waals surface area contributed by atoms with Crippen LogP contribution in [0.1, 0.15) is 30.0 Å². The molecule has 2 amide bonds. The van der Waals surface area contributed by atoms with E-state index in [0.717, 1.165) is 22.8 Å². The molecule has 0 aliphatic heterocycles. The van der Waals surface area contributed by atoms with Crippen LogP contribution in [0.25, 0.3) is 5.69 Å². The van der Waals surface area contributed by atoms with E-state index in [1.165, 1.54) is 0 Å². The highest BCUT2D eigenvalue weighted by Crippen LogP contribution is 2.16. The van der Waals surface area contributed by atoms with Gasteiger partial charge in [-0.25, -0.2) is 9.48 Å². The van der Waals surface area contributed by atoms with E-state index < -0.39 is 0 Å². The first-order chi connectivity index (χ1) is 12.0. The van der Waals surface area contributed by atoms with Gasteiger partial charge in [0.1, 0.15) is 11.5 Å². The fourth-order valence-electron chi connectivity index (χ4n) is 2.52. The Labute approximate surface area is 146 Å². The van der Waals surface area contributed by atoms with Crippen LogP contribution < -0.4 is 5.32 Å². The molecule has 0 bridgehead atoms. The Morgan fingerprint density at radius 3 is 2.64 bits per heavy atom. The van der Waals surface area contributed by atoms with Gasteiger partial charge in [0, 0.05) is 7.05 Å². The fourth-order valence-corrected chi connectivity index (χ4v) is 2.52. The molecule has 2 aromatic heterocycles. The highest BCUT2D eigenvalue weighted by molar-refractivity contribution is 5.74. The maximum atomic E-state index is 12.3. The van der Waals surface area contributed by atoms with Gasteiger partial charge in [-0.1, -0.05) is 17.3 Å². The molecule has 25 heavy (non-hydrogen) atoms. The summed E-state index contributed by atoms with van der Waals surface area (Å²) in [5, 5.41) is 10.7. The summed E-state index contributed by atoms with van der Waals surface area (Å²) in [5.74, 6) is 1.60. The summed E-state index contributed by atoms with van der Waals surface area (Å²) in [6, 6.07) is 11.3. The Morgan fingerprint density at radius 1 is 1.28 bits per heavy atom. The molecule has 0 unspecified atom stereocenters. The van der Waals surface area contributed by atoms with Crippen molar-refractivity contribution in [3.8, 4) is 5.69 Å². The number of carbonyl (C=O) groups is 1. The van der Waals surface area contributed by atoms with Crippen molar-refractivity contribution in [3.63, 3.8) is 0 Å². The van der Waals surface area contributed by atoms with Crippen molar-refractivity contribution in [3.05, 3.63) is 65.9 Å². The van der Waals surface area contributed by atoms with Crippen LogP contribution in [0.15, 0.2) is 53.2 Å². The van der Waals surface area contributed by atoms with Crippen molar-refractivity contribution in [1.29, 1.82) is 0 Å². The van der Waals surface area contributed by atoms with Crippen LogP contribution in [0.3, 0.4) is 0 Å². The summed E-state index contributed by atoms with van der Waals surface area (Å²) in [4.78, 5) is 13.9. The number of hydrogen-bond acceptors (Lipinski definition) is 4. The number of nitrogens with zero attached hydrogens (tertiary/aromatic N) is 4. The Morgan fingerprint density at radius 2 is 2.04 bits per heavy atom. The summed E-state index contributed by atoms with van der Waals surface area (Å²) in [6.07, 6.45) is 3.42. The summed E-state index contributed by atoms with van der Waals surface area (Å²) in [6.45, 7) is 4.26. The number of carbonyl (C=O) groups excluding carboxylic acids is 1. The highest BCUT2D eigenvalue weighted by atomic mass is 16.3. The van der Waals surface area contributed by atoms with Gasteiger partial charge < -0.3 is 14.6 Å². The molecule has 130 valence electrons. The fraction of sp³-hybridized carbons (Fsp3) is 0.278. The van der Waals surface area contributed by atoms with Gasteiger partial charge in [0.2, 0.25) is 0 Å². The zero-order valence-electron chi connectivity index (χ0n) is 14.5. The molecule has 1 atom stereocenters. The molecular formula is C18H21N5O2. The monoisotopic (exact) mass is 339 g/mol. The summed E-state index contributed by atoms with van der Waals surface area (Å²) in [7, 11) is 1.74. The number of aryl methyl sites for hydroxylation is 1. The van der Waals surface area contributed by atoms with Crippen LogP contribution >= 0.6 is 0 Å². The Hall–Kier alpha value is -3.09. The molecule has 7 heteroatoms. The molecule has 0 saturated carbocycles. The maximum absolute atomic E-state index is 12.3. The molecule has 0 aliphatic carbocycles. The third-order valence-corrected chi connectivity index (χ3v) is 3.96. The predicted octanol–water partition coefficient (Wildman–Crippen LogP) is 3.07. The van der Waals surface area contributed by atoms with E-state index in [1.807, 2.05) is 50.2 Å². The second-order valence-electron chi connectivity index (χ2n) is 5.98. The minimum atomic E-state index is -0.151. The number of furan rings is 1. The summed E-state index contributed by atoms with van der Waals surface area (Å²) < 4.78 is 7.19. The van der Waals surface area contributed by atoms with Crippen molar-refractivity contribution < 1.29 is 9.21 Å². The quantitative estimate of drug-likeness (QED) is 0.775. The molecule has 0 radical (unpaired) electrons. The number of nitrogens with one attached hydrogen (secondary N) is 1. The van der Waals surface area contributed by atoms with Crippen LogP contribution in [0.4, 0.5) is 4.79 Å². The Kier molecular flexibility index (Phi) is 4.83. The lowest BCUT2D eigenvalue weighted by Crippen LogP contribution is -2.38. The molecule has 0 spiro atoms. The molecule has 1 N–H and O–H groups in total. The highest BCUT2D eigenvalue weighted by Gasteiger charge is 2.15. The van der Waals surface area contributed by atoms with E-state index in [-0.39, 0.29) is 12.1 Å². The molecule has 7 nitrogen and oxygen atoms in total. The van der Waals surface area contributed by atoms with E-state index >= 15 is 0 Å². The summed E-state index contributed by atoms with van der Waals surface area (Å²) >= 11 is 0. The van der Waals surface area contributed by atoms with Crippen LogP contribution in [-0.4, -0.2) is 33.0 Å². The van der Waals surface area contributed by atoms with Crippen LogP contribution in [-0.2, 0) is 6.54 Å². The van der Waals surface area contributed by atoms with Crippen molar-refractivity contribution in [2.75, 3.05) is 7.05 Å². The lowest BCUT2D eigenvalue weighted by Gasteiger charge is -2.21. The largest absolute Gasteiger partial charge is 0.464 e. The SMILES string of the molecule is Cc1ccc(CN(C)C(=O)N[C@@H](C)c2ccc(-n3ccnn3)cc2)o1. The minimum absolute atomic E-state index is 0.113. The van der Waals surface area contributed by atoms with E-state index in [4.69, 9.17) is 4.42 Å². The number of amides is 2. The lowest BCUT2D eigenvalue weighted by molar-refractivity contribution is 0.199. The second-order valence-corrected chi connectivity index (χ2v) is 5.98. The van der Waals surface area contributed by atoms with Crippen LogP contribution in [0.2, 0.25) is 0 Å². The molecule has 1 aromatic carbocycles. The predicted molar refractivity (Wildman–Crippen MR) is 93.2 cm³/mol. The number of benzene rings is 1. The van der Waals surface area contributed by atoms with Gasteiger partial charge >= 0.3 is 6.03 Å². The topological polar surface area (TPSA) is 76.2 Å². The number of aromatic nitrogens is 3. The molecule has 0 aliphatic rings. The average Bonchev–Trinajstić information content (AvgIpc) is 3.27. The van der Waals surface area contributed by atoms with Gasteiger partial charge in [-0.15, -0.1) is 5.10 Å². The van der Waals surface area contributed by atoms with Crippen LogP contribution in [0, 0.1) is 6.92 Å². The zero-order valence-corrected chi connectivity index (χ0v) is 14.5. The van der Waals surface area contributed by atoms with Gasteiger partial charge in [-0.2, -0.15) is 0 Å². The van der Waals surface area contributed by atoms with Crippen molar-refractivity contribution in [2.45, 2.75) is 26.4 Å². The summed E-state index contributed by atoms with van der Waals surface area (Å²) in [5.41, 5.74) is 1.93. The zero-order chi connectivity index (χ0) is 17.8. The third-order valence-electron chi connectivity index (χ3n) is 3.96. The van der Waals surface area contributed by atoms with Gasteiger partial charge in [-0.05, 0) is 43.7 Å². The average molecular weight is 339 g/mol. The molecule has 2 heterocycles. The molecule has 0 saturated heterocycles. The maximum Gasteiger partial charge on any atom is 0.318 e. The smallest absolute Gasteiger partial charge is 0.318 e. The third kappa shape index (κ3) is 4.06. The Bertz CT molecular complexity index is 824. The van der Waals surface area contributed by atoms with E-state index in [0.29, 0.717) is 6.54 Å². The van der Waals surface area contributed by atoms with Crippen molar-refractivity contribution in [1.82, 2.24) is 25.2 Å². The van der Waals surface area contributed by atoms with Gasteiger partial charge in [0.05, 0.1) is 30.7 Å². The minimum Gasteiger partial charge on any atom is -0.464 e. The standard InChI is InChI=1S/C18H21N5O2/c1-13-4-9-17(25-13)12-22(3)18(24)20-14(2)15-5-7-16(8-6-15)23-11-10-19-21-23/h4-11,14H,12H2,1-3H3,(H,20,24)/t14-/m0/s1. The van der Waals surface area contributed by atoms with Crippen molar-refractivity contribution >= 4 is 6.03 Å². The first-order valence-electron chi connectivity index (χ1n) is 8.06. The lowest BCUT2D eigenvalue weighted by atomic mass is 10.1. The molecular weight excluding hydrogens is 318 g/mol.